The second-order valence-corrected chi connectivity index (χ2v) is 6.19. The molecule has 3 heteroatoms. The van der Waals surface area contributed by atoms with Crippen LogP contribution in [0.2, 0.25) is 0 Å². The molecule has 2 aliphatic heterocycles. The maximum atomic E-state index is 3.87. The molecule has 0 aromatic carbocycles. The Kier molecular flexibility index (Phi) is 4.98. The highest BCUT2D eigenvalue weighted by Crippen LogP contribution is 2.27. The Balaban J connectivity index is 1.77. The fraction of sp³-hybridized carbons (Fsp3) is 1.00. The van der Waals surface area contributed by atoms with Gasteiger partial charge in [0.2, 0.25) is 0 Å². The van der Waals surface area contributed by atoms with Crippen LogP contribution in [0.1, 0.15) is 39.0 Å². The average molecular weight is 242 g/mol. The van der Waals surface area contributed by atoms with E-state index in [0.717, 1.165) is 18.1 Å². The van der Waals surface area contributed by atoms with Gasteiger partial charge < -0.3 is 10.2 Å². The van der Waals surface area contributed by atoms with Crippen molar-refractivity contribution in [1.82, 2.24) is 10.2 Å². The maximum absolute atomic E-state index is 3.87. The second kappa shape index (κ2) is 6.27. The quantitative estimate of drug-likeness (QED) is 0.797. The molecule has 2 heterocycles. The molecule has 2 nitrogen and oxygen atoms in total. The topological polar surface area (TPSA) is 15.3 Å². The van der Waals surface area contributed by atoms with E-state index in [9.17, 15) is 0 Å². The van der Waals surface area contributed by atoms with Gasteiger partial charge in [-0.05, 0) is 51.4 Å². The summed E-state index contributed by atoms with van der Waals surface area (Å²) in [5, 5.41) is 3.87. The van der Waals surface area contributed by atoms with Crippen molar-refractivity contribution in [1.29, 1.82) is 0 Å². The molecule has 0 radical (unpaired) electrons. The minimum atomic E-state index is 0.730. The highest BCUT2D eigenvalue weighted by Gasteiger charge is 2.31. The summed E-state index contributed by atoms with van der Waals surface area (Å²) in [5.41, 5.74) is 0. The van der Waals surface area contributed by atoms with Gasteiger partial charge in [0, 0.05) is 23.9 Å². The van der Waals surface area contributed by atoms with Crippen molar-refractivity contribution in [2.45, 2.75) is 57.2 Å². The molecular weight excluding hydrogens is 216 g/mol. The predicted octanol–water partition coefficient (Wildman–Crippen LogP) is 2.34. The molecule has 16 heavy (non-hydrogen) atoms. The van der Waals surface area contributed by atoms with E-state index in [1.807, 2.05) is 11.8 Å². The fourth-order valence-electron chi connectivity index (χ4n) is 3.19. The zero-order chi connectivity index (χ0) is 11.4. The molecule has 0 aromatic heterocycles. The number of hydrogen-bond acceptors (Lipinski definition) is 3. The summed E-state index contributed by atoms with van der Waals surface area (Å²) in [4.78, 5) is 2.70. The zero-order valence-electron chi connectivity index (χ0n) is 10.7. The molecule has 0 amide bonds. The van der Waals surface area contributed by atoms with Crippen molar-refractivity contribution in [3.8, 4) is 0 Å². The Hall–Kier alpha value is 0.270. The monoisotopic (exact) mass is 242 g/mol. The van der Waals surface area contributed by atoms with Crippen LogP contribution in [0.15, 0.2) is 0 Å². The highest BCUT2D eigenvalue weighted by atomic mass is 32.2. The van der Waals surface area contributed by atoms with Crippen LogP contribution >= 0.6 is 11.8 Å². The van der Waals surface area contributed by atoms with Gasteiger partial charge in [-0.3, -0.25) is 0 Å². The van der Waals surface area contributed by atoms with Crippen molar-refractivity contribution in [2.24, 2.45) is 0 Å². The lowest BCUT2D eigenvalue weighted by molar-refractivity contribution is 0.162. The van der Waals surface area contributed by atoms with E-state index in [2.05, 4.69) is 23.4 Å². The van der Waals surface area contributed by atoms with Crippen molar-refractivity contribution in [2.75, 3.05) is 25.1 Å². The third-order valence-electron chi connectivity index (χ3n) is 4.15. The molecule has 2 saturated heterocycles. The van der Waals surface area contributed by atoms with Crippen LogP contribution in [-0.4, -0.2) is 48.1 Å². The van der Waals surface area contributed by atoms with Crippen LogP contribution in [0, 0.1) is 0 Å². The molecule has 2 fully saturated rings. The van der Waals surface area contributed by atoms with Crippen LogP contribution < -0.4 is 5.32 Å². The van der Waals surface area contributed by atoms with E-state index in [-0.39, 0.29) is 0 Å². The fourth-order valence-corrected chi connectivity index (χ4v) is 3.93. The van der Waals surface area contributed by atoms with Gasteiger partial charge in [-0.2, -0.15) is 11.8 Å². The maximum Gasteiger partial charge on any atom is 0.0158 e. The lowest BCUT2D eigenvalue weighted by Gasteiger charge is -2.37. The third kappa shape index (κ3) is 3.14. The number of piperidine rings is 1. The Morgan fingerprint density at radius 1 is 1.38 bits per heavy atom. The number of fused-ring (bicyclic) bond motifs is 1. The Morgan fingerprint density at radius 3 is 3.00 bits per heavy atom. The van der Waals surface area contributed by atoms with E-state index in [0.29, 0.717) is 0 Å². The molecular formula is C13H26N2S. The molecule has 0 saturated carbocycles. The largest absolute Gasteiger partial charge is 0.310 e. The van der Waals surface area contributed by atoms with Crippen molar-refractivity contribution in [3.63, 3.8) is 0 Å². The van der Waals surface area contributed by atoms with Crippen LogP contribution in [0.3, 0.4) is 0 Å². The minimum absolute atomic E-state index is 0.730. The predicted molar refractivity (Wildman–Crippen MR) is 73.2 cm³/mol. The summed E-state index contributed by atoms with van der Waals surface area (Å²) >= 11 is 1.97. The van der Waals surface area contributed by atoms with Crippen molar-refractivity contribution >= 4 is 11.8 Å². The molecule has 3 unspecified atom stereocenters. The van der Waals surface area contributed by atoms with Crippen LogP contribution in [0.25, 0.3) is 0 Å². The van der Waals surface area contributed by atoms with Crippen molar-refractivity contribution in [3.05, 3.63) is 0 Å². The molecule has 0 aromatic rings. The van der Waals surface area contributed by atoms with Gasteiger partial charge >= 0.3 is 0 Å². The highest BCUT2D eigenvalue weighted by molar-refractivity contribution is 7.98. The van der Waals surface area contributed by atoms with Gasteiger partial charge in [-0.25, -0.2) is 0 Å². The summed E-state index contributed by atoms with van der Waals surface area (Å²) in [7, 11) is 0. The number of hydrogen-bond donors (Lipinski definition) is 1. The summed E-state index contributed by atoms with van der Waals surface area (Å²) in [5.74, 6) is 1.27. The summed E-state index contributed by atoms with van der Waals surface area (Å²) in [6, 6.07) is 2.42. The molecule has 2 rings (SSSR count). The molecule has 0 bridgehead atoms. The van der Waals surface area contributed by atoms with Crippen molar-refractivity contribution < 1.29 is 0 Å². The molecule has 1 N–H and O–H groups in total. The zero-order valence-corrected chi connectivity index (χ0v) is 11.6. The van der Waals surface area contributed by atoms with Gasteiger partial charge in [0.05, 0.1) is 0 Å². The van der Waals surface area contributed by atoms with Gasteiger partial charge in [-0.1, -0.05) is 6.92 Å². The first-order valence-corrected chi connectivity index (χ1v) is 8.22. The van der Waals surface area contributed by atoms with Crippen LogP contribution in [-0.2, 0) is 0 Å². The Labute approximate surface area is 105 Å². The standard InChI is InChI=1S/C13H26N2S/c1-3-11(10-16-2)14-12-6-8-15-7-4-5-13(15)9-12/h11-14H,3-10H2,1-2H3. The SMILES string of the molecule is CCC(CSC)NC1CCN2CCCC2C1. The third-order valence-corrected chi connectivity index (χ3v) is 4.89. The van der Waals surface area contributed by atoms with E-state index >= 15 is 0 Å². The second-order valence-electron chi connectivity index (χ2n) is 5.28. The normalized spacial score (nSPS) is 32.6. The van der Waals surface area contributed by atoms with E-state index in [1.165, 1.54) is 50.9 Å². The van der Waals surface area contributed by atoms with Gasteiger partial charge in [0.25, 0.3) is 0 Å². The van der Waals surface area contributed by atoms with Gasteiger partial charge in [0.1, 0.15) is 0 Å². The number of rotatable bonds is 5. The Morgan fingerprint density at radius 2 is 2.25 bits per heavy atom. The minimum Gasteiger partial charge on any atom is -0.310 e. The smallest absolute Gasteiger partial charge is 0.0158 e. The number of thioether (sulfide) groups is 1. The lowest BCUT2D eigenvalue weighted by atomic mass is 9.97. The molecule has 0 aliphatic carbocycles. The average Bonchev–Trinajstić information content (AvgIpc) is 2.75. The molecule has 94 valence electrons. The summed E-state index contributed by atoms with van der Waals surface area (Å²) in [6.45, 7) is 5.00. The molecule has 0 spiro atoms. The summed E-state index contributed by atoms with van der Waals surface area (Å²) in [6.07, 6.45) is 9.11. The van der Waals surface area contributed by atoms with E-state index in [1.54, 1.807) is 0 Å². The summed E-state index contributed by atoms with van der Waals surface area (Å²) < 4.78 is 0. The molecule has 2 aliphatic rings. The van der Waals surface area contributed by atoms with Gasteiger partial charge in [0.15, 0.2) is 0 Å². The first kappa shape index (κ1) is 12.7. The first-order valence-electron chi connectivity index (χ1n) is 6.82. The lowest BCUT2D eigenvalue weighted by Crippen LogP contribution is -2.49. The van der Waals surface area contributed by atoms with Crippen LogP contribution in [0.5, 0.6) is 0 Å². The number of nitrogens with zero attached hydrogens (tertiary/aromatic N) is 1. The van der Waals surface area contributed by atoms with Gasteiger partial charge in [-0.15, -0.1) is 0 Å². The van der Waals surface area contributed by atoms with Crippen LogP contribution in [0.4, 0.5) is 0 Å². The molecule has 3 atom stereocenters. The Bertz CT molecular complexity index is 210. The number of nitrogens with one attached hydrogen (secondary N) is 1. The van der Waals surface area contributed by atoms with E-state index in [4.69, 9.17) is 0 Å². The van der Waals surface area contributed by atoms with E-state index < -0.39 is 0 Å². The first-order chi connectivity index (χ1) is 7.83.